The van der Waals surface area contributed by atoms with Crippen molar-refractivity contribution in [2.75, 3.05) is 20.2 Å². The number of hydrogen-bond donors (Lipinski definition) is 1. The molecule has 2 fully saturated rings. The molecule has 1 spiro atoms. The number of rotatable bonds is 3. The first-order chi connectivity index (χ1) is 12.2. The van der Waals surface area contributed by atoms with Gasteiger partial charge in [-0.3, -0.25) is 4.90 Å². The number of benzene rings is 1. The van der Waals surface area contributed by atoms with E-state index in [4.69, 9.17) is 15.2 Å². The summed E-state index contributed by atoms with van der Waals surface area (Å²) in [4.78, 5) is 2.77. The quantitative estimate of drug-likeness (QED) is 0.859. The Balaban J connectivity index is 1.54. The number of nitrogens with two attached hydrogens (primary N) is 1. The van der Waals surface area contributed by atoms with Gasteiger partial charge in [0.15, 0.2) is 11.5 Å². The minimum atomic E-state index is -0.0325. The second kappa shape index (κ2) is 4.80. The maximum atomic E-state index is 6.52. The molecule has 0 unspecified atom stereocenters. The summed E-state index contributed by atoms with van der Waals surface area (Å²) in [7, 11) is 1.74. The molecule has 1 aromatic rings. The first kappa shape index (κ1) is 14.6. The third kappa shape index (κ3) is 1.75. The van der Waals surface area contributed by atoms with E-state index in [2.05, 4.69) is 29.2 Å². The van der Waals surface area contributed by atoms with E-state index in [0.717, 1.165) is 30.3 Å². The van der Waals surface area contributed by atoms with Gasteiger partial charge in [0.05, 0.1) is 13.2 Å². The number of methoxy groups -OCH3 is 1. The third-order valence-electron chi connectivity index (χ3n) is 7.45. The summed E-state index contributed by atoms with van der Waals surface area (Å²) in [6, 6.07) is 4.92. The van der Waals surface area contributed by atoms with Gasteiger partial charge in [0.2, 0.25) is 0 Å². The van der Waals surface area contributed by atoms with Crippen molar-refractivity contribution < 1.29 is 9.47 Å². The summed E-state index contributed by atoms with van der Waals surface area (Å²) in [5.41, 5.74) is 9.45. The molecule has 1 aromatic carbocycles. The van der Waals surface area contributed by atoms with Gasteiger partial charge in [-0.05, 0) is 49.8 Å². The van der Waals surface area contributed by atoms with Crippen molar-refractivity contribution >= 4 is 0 Å². The zero-order valence-corrected chi connectivity index (χ0v) is 14.8. The van der Waals surface area contributed by atoms with Crippen LogP contribution in [0.2, 0.25) is 0 Å². The summed E-state index contributed by atoms with van der Waals surface area (Å²) in [5, 5.41) is 0. The molecule has 2 aliphatic heterocycles. The lowest BCUT2D eigenvalue weighted by Gasteiger charge is -2.57. The molecule has 0 radical (unpaired) electrons. The van der Waals surface area contributed by atoms with Gasteiger partial charge in [0.25, 0.3) is 0 Å². The van der Waals surface area contributed by atoms with Crippen molar-refractivity contribution in [3.05, 3.63) is 35.4 Å². The Hall–Kier alpha value is -1.52. The molecule has 2 N–H and O–H groups in total. The highest BCUT2D eigenvalue weighted by atomic mass is 16.5. The van der Waals surface area contributed by atoms with Crippen molar-refractivity contribution in [1.82, 2.24) is 4.90 Å². The van der Waals surface area contributed by atoms with Crippen molar-refractivity contribution in [2.45, 2.75) is 49.3 Å². The topological polar surface area (TPSA) is 47.7 Å². The van der Waals surface area contributed by atoms with E-state index in [1.807, 2.05) is 0 Å². The molecule has 25 heavy (non-hydrogen) atoms. The Labute approximate surface area is 149 Å². The lowest BCUT2D eigenvalue weighted by atomic mass is 9.53. The Morgan fingerprint density at radius 3 is 3.00 bits per heavy atom. The SMILES string of the molecule is COc1ccc2c3c1O[C@H]1[C@H](N)C=C[C@H]4[C@@H](C2)N(CC2CC2)CC[C@@]341. The van der Waals surface area contributed by atoms with Crippen LogP contribution in [0, 0.1) is 11.8 Å². The third-order valence-corrected chi connectivity index (χ3v) is 7.45. The summed E-state index contributed by atoms with van der Waals surface area (Å²) < 4.78 is 12.2. The number of ether oxygens (including phenoxy) is 2. The molecule has 4 heteroatoms. The van der Waals surface area contributed by atoms with Crippen molar-refractivity contribution in [2.24, 2.45) is 17.6 Å². The predicted molar refractivity (Wildman–Crippen MR) is 96.1 cm³/mol. The van der Waals surface area contributed by atoms with E-state index in [-0.39, 0.29) is 17.6 Å². The normalized spacial score (nSPS) is 40.6. The van der Waals surface area contributed by atoms with Crippen LogP contribution >= 0.6 is 0 Å². The molecule has 2 bridgehead atoms. The molecule has 2 heterocycles. The van der Waals surface area contributed by atoms with Crippen LogP contribution in [0.5, 0.6) is 11.5 Å². The monoisotopic (exact) mass is 338 g/mol. The smallest absolute Gasteiger partial charge is 0.165 e. The molecule has 3 aliphatic carbocycles. The summed E-state index contributed by atoms with van der Waals surface area (Å²) in [6.45, 7) is 2.45. The van der Waals surface area contributed by atoms with Gasteiger partial charge < -0.3 is 15.2 Å². The van der Waals surface area contributed by atoms with Crippen LogP contribution in [0.4, 0.5) is 0 Å². The highest BCUT2D eigenvalue weighted by Crippen LogP contribution is 2.62. The summed E-state index contributed by atoms with van der Waals surface area (Å²) in [5.74, 6) is 3.30. The summed E-state index contributed by atoms with van der Waals surface area (Å²) in [6.07, 6.45) is 9.79. The fraction of sp³-hybridized carbons (Fsp3) is 0.619. The highest BCUT2D eigenvalue weighted by Gasteiger charge is 2.64. The molecule has 1 saturated heterocycles. The summed E-state index contributed by atoms with van der Waals surface area (Å²) >= 11 is 0. The van der Waals surface area contributed by atoms with Crippen LogP contribution in [-0.4, -0.2) is 43.3 Å². The van der Waals surface area contributed by atoms with Gasteiger partial charge in [-0.25, -0.2) is 0 Å². The standard InChI is InChI=1S/C21H26N2O2/c1-24-17-7-4-13-10-16-14-5-6-15(22)20-21(14,18(13)19(17)25-20)8-9-23(16)11-12-2-3-12/h4-7,12,14-16,20H,2-3,8-11,22H2,1H3/t14-,15+,16+,20-,21-/m0/s1. The average molecular weight is 338 g/mol. The Bertz CT molecular complexity index is 771. The van der Waals surface area contributed by atoms with Crippen LogP contribution < -0.4 is 15.2 Å². The molecule has 0 aromatic heterocycles. The molecule has 6 rings (SSSR count). The van der Waals surface area contributed by atoms with E-state index >= 15 is 0 Å². The molecular weight excluding hydrogens is 312 g/mol. The molecule has 5 atom stereocenters. The van der Waals surface area contributed by atoms with Gasteiger partial charge in [-0.15, -0.1) is 0 Å². The second-order valence-electron chi connectivity index (χ2n) is 8.66. The van der Waals surface area contributed by atoms with Crippen LogP contribution in [-0.2, 0) is 11.8 Å². The van der Waals surface area contributed by atoms with Crippen molar-refractivity contribution in [3.8, 4) is 11.5 Å². The van der Waals surface area contributed by atoms with E-state index in [1.165, 1.54) is 37.1 Å². The van der Waals surface area contributed by atoms with E-state index in [0.29, 0.717) is 12.0 Å². The minimum Gasteiger partial charge on any atom is -0.493 e. The minimum absolute atomic E-state index is 0.0325. The molecule has 0 amide bonds. The molecule has 1 saturated carbocycles. The lowest BCUT2D eigenvalue weighted by Crippen LogP contribution is -2.66. The molecule has 4 nitrogen and oxygen atoms in total. The number of hydrogen-bond acceptors (Lipinski definition) is 4. The molecular formula is C21H26N2O2. The maximum absolute atomic E-state index is 6.52. The fourth-order valence-electron chi connectivity index (χ4n) is 6.20. The largest absolute Gasteiger partial charge is 0.493 e. The zero-order valence-electron chi connectivity index (χ0n) is 14.8. The lowest BCUT2D eigenvalue weighted by molar-refractivity contribution is -0.0168. The predicted octanol–water partition coefficient (Wildman–Crippen LogP) is 2.25. The van der Waals surface area contributed by atoms with Gasteiger partial charge in [0.1, 0.15) is 6.10 Å². The van der Waals surface area contributed by atoms with Gasteiger partial charge in [0, 0.05) is 29.5 Å². The van der Waals surface area contributed by atoms with Gasteiger partial charge in [-0.2, -0.15) is 0 Å². The Morgan fingerprint density at radius 1 is 1.32 bits per heavy atom. The fourth-order valence-corrected chi connectivity index (χ4v) is 6.20. The second-order valence-corrected chi connectivity index (χ2v) is 8.66. The van der Waals surface area contributed by atoms with Crippen molar-refractivity contribution in [1.29, 1.82) is 0 Å². The van der Waals surface area contributed by atoms with Crippen molar-refractivity contribution in [3.63, 3.8) is 0 Å². The highest BCUT2D eigenvalue weighted by molar-refractivity contribution is 5.62. The van der Waals surface area contributed by atoms with E-state index < -0.39 is 0 Å². The Kier molecular flexibility index (Phi) is 2.81. The average Bonchev–Trinajstić information content (AvgIpc) is 3.36. The zero-order chi connectivity index (χ0) is 16.8. The van der Waals surface area contributed by atoms with E-state index in [9.17, 15) is 0 Å². The maximum Gasteiger partial charge on any atom is 0.165 e. The van der Waals surface area contributed by atoms with Gasteiger partial charge >= 0.3 is 0 Å². The first-order valence-corrected chi connectivity index (χ1v) is 9.77. The number of likely N-dealkylation sites (tertiary alicyclic amines) is 1. The van der Waals surface area contributed by atoms with Crippen LogP contribution in [0.25, 0.3) is 0 Å². The molecule has 5 aliphatic rings. The first-order valence-electron chi connectivity index (χ1n) is 9.77. The van der Waals surface area contributed by atoms with Gasteiger partial charge in [-0.1, -0.05) is 18.2 Å². The Morgan fingerprint density at radius 2 is 2.20 bits per heavy atom. The van der Waals surface area contributed by atoms with Crippen LogP contribution in [0.15, 0.2) is 24.3 Å². The van der Waals surface area contributed by atoms with Crippen LogP contribution in [0.3, 0.4) is 0 Å². The number of piperidine rings is 1. The molecule has 132 valence electrons. The van der Waals surface area contributed by atoms with E-state index in [1.54, 1.807) is 7.11 Å². The number of nitrogens with zero attached hydrogens (tertiary/aromatic N) is 1. The van der Waals surface area contributed by atoms with Crippen LogP contribution in [0.1, 0.15) is 30.4 Å².